The molecule has 1 aliphatic heterocycles. The third kappa shape index (κ3) is 3.47. The van der Waals surface area contributed by atoms with Crippen LogP contribution in [0.15, 0.2) is 0 Å². The molecule has 1 amide bonds. The van der Waals surface area contributed by atoms with Gasteiger partial charge in [-0.05, 0) is 43.4 Å². The van der Waals surface area contributed by atoms with E-state index in [0.717, 1.165) is 13.1 Å². The Balaban J connectivity index is 1.76. The zero-order valence-corrected chi connectivity index (χ0v) is 12.2. The number of nitrogens with one attached hydrogen (secondary N) is 1. The van der Waals surface area contributed by atoms with Crippen molar-refractivity contribution in [1.29, 1.82) is 0 Å². The summed E-state index contributed by atoms with van der Waals surface area (Å²) in [6, 6.07) is 0.522. The van der Waals surface area contributed by atoms with Crippen molar-refractivity contribution in [2.75, 3.05) is 19.6 Å². The molecule has 18 heavy (non-hydrogen) atoms. The van der Waals surface area contributed by atoms with Gasteiger partial charge in [-0.2, -0.15) is 0 Å². The molecule has 104 valence electrons. The summed E-state index contributed by atoms with van der Waals surface area (Å²) in [4.78, 5) is 14.1. The molecule has 1 heterocycles. The molecule has 2 rings (SSSR count). The number of amides is 1. The van der Waals surface area contributed by atoms with Crippen molar-refractivity contribution < 1.29 is 4.79 Å². The standard InChI is InChI=1S/C15H28N2O/c1-12-9-15(2,3)10-13(12)16-11-14(18)17-7-5-4-6-8-17/h12-13,16H,4-11H2,1-3H3. The maximum Gasteiger partial charge on any atom is 0.236 e. The minimum atomic E-state index is 0.298. The fraction of sp³-hybridized carbons (Fsp3) is 0.933. The summed E-state index contributed by atoms with van der Waals surface area (Å²) in [7, 11) is 0. The zero-order chi connectivity index (χ0) is 13.2. The Labute approximate surface area is 111 Å². The van der Waals surface area contributed by atoms with Gasteiger partial charge in [0.15, 0.2) is 0 Å². The van der Waals surface area contributed by atoms with Gasteiger partial charge in [-0.25, -0.2) is 0 Å². The van der Waals surface area contributed by atoms with Gasteiger partial charge < -0.3 is 10.2 Å². The van der Waals surface area contributed by atoms with E-state index in [4.69, 9.17) is 0 Å². The molecule has 2 atom stereocenters. The van der Waals surface area contributed by atoms with Crippen LogP contribution in [0.1, 0.15) is 52.9 Å². The number of nitrogens with zero attached hydrogens (tertiary/aromatic N) is 1. The number of likely N-dealkylation sites (tertiary alicyclic amines) is 1. The van der Waals surface area contributed by atoms with E-state index in [9.17, 15) is 4.79 Å². The molecule has 0 spiro atoms. The second-order valence-corrected chi connectivity index (χ2v) is 6.98. The van der Waals surface area contributed by atoms with Crippen LogP contribution in [0.3, 0.4) is 0 Å². The minimum Gasteiger partial charge on any atom is -0.342 e. The monoisotopic (exact) mass is 252 g/mol. The van der Waals surface area contributed by atoms with Crippen molar-refractivity contribution in [1.82, 2.24) is 10.2 Å². The van der Waals surface area contributed by atoms with Crippen LogP contribution < -0.4 is 5.32 Å². The average Bonchev–Trinajstić information content (AvgIpc) is 2.60. The van der Waals surface area contributed by atoms with Crippen LogP contribution in [0, 0.1) is 11.3 Å². The maximum absolute atomic E-state index is 12.1. The summed E-state index contributed by atoms with van der Waals surface area (Å²) >= 11 is 0. The first-order valence-electron chi connectivity index (χ1n) is 7.49. The first-order valence-corrected chi connectivity index (χ1v) is 7.49. The van der Waals surface area contributed by atoms with Gasteiger partial charge in [0.05, 0.1) is 6.54 Å². The Morgan fingerprint density at radius 3 is 2.44 bits per heavy atom. The summed E-state index contributed by atoms with van der Waals surface area (Å²) in [5, 5.41) is 3.49. The number of carbonyl (C=O) groups excluding carboxylic acids is 1. The lowest BCUT2D eigenvalue weighted by Gasteiger charge is -2.28. The van der Waals surface area contributed by atoms with Crippen molar-refractivity contribution in [2.45, 2.75) is 58.9 Å². The average molecular weight is 252 g/mol. The van der Waals surface area contributed by atoms with Crippen molar-refractivity contribution >= 4 is 5.91 Å². The van der Waals surface area contributed by atoms with E-state index in [2.05, 4.69) is 26.1 Å². The molecule has 2 unspecified atom stereocenters. The van der Waals surface area contributed by atoms with Gasteiger partial charge >= 0.3 is 0 Å². The summed E-state index contributed by atoms with van der Waals surface area (Å²) < 4.78 is 0. The largest absolute Gasteiger partial charge is 0.342 e. The molecule has 1 saturated heterocycles. The van der Waals surface area contributed by atoms with Crippen molar-refractivity contribution in [3.63, 3.8) is 0 Å². The molecule has 1 N–H and O–H groups in total. The summed E-state index contributed by atoms with van der Waals surface area (Å²) in [6.45, 7) is 9.43. The van der Waals surface area contributed by atoms with E-state index in [1.165, 1.54) is 32.1 Å². The topological polar surface area (TPSA) is 32.3 Å². The highest BCUT2D eigenvalue weighted by Crippen LogP contribution is 2.40. The molecule has 0 bridgehead atoms. The molecular formula is C15H28N2O. The highest BCUT2D eigenvalue weighted by atomic mass is 16.2. The number of hydrogen-bond acceptors (Lipinski definition) is 2. The van der Waals surface area contributed by atoms with E-state index in [0.29, 0.717) is 29.8 Å². The van der Waals surface area contributed by atoms with Crippen LogP contribution in [0.25, 0.3) is 0 Å². The Morgan fingerprint density at radius 1 is 1.22 bits per heavy atom. The van der Waals surface area contributed by atoms with Gasteiger partial charge in [0.2, 0.25) is 5.91 Å². The Bertz CT molecular complexity index is 295. The van der Waals surface area contributed by atoms with E-state index in [1.54, 1.807) is 0 Å². The fourth-order valence-corrected chi connectivity index (χ4v) is 3.64. The molecule has 2 fully saturated rings. The number of piperidine rings is 1. The minimum absolute atomic E-state index is 0.298. The van der Waals surface area contributed by atoms with Gasteiger partial charge in [0, 0.05) is 19.1 Å². The molecule has 3 heteroatoms. The van der Waals surface area contributed by atoms with E-state index in [-0.39, 0.29) is 0 Å². The van der Waals surface area contributed by atoms with Crippen LogP contribution in [0.4, 0.5) is 0 Å². The lowest BCUT2D eigenvalue weighted by Crippen LogP contribution is -2.44. The highest BCUT2D eigenvalue weighted by Gasteiger charge is 2.36. The van der Waals surface area contributed by atoms with E-state index < -0.39 is 0 Å². The molecule has 0 aromatic rings. The van der Waals surface area contributed by atoms with Crippen molar-refractivity contribution in [3.05, 3.63) is 0 Å². The molecule has 2 aliphatic rings. The first kappa shape index (κ1) is 13.9. The number of rotatable bonds is 3. The van der Waals surface area contributed by atoms with Crippen LogP contribution in [-0.4, -0.2) is 36.5 Å². The quantitative estimate of drug-likeness (QED) is 0.836. The fourth-order valence-electron chi connectivity index (χ4n) is 3.64. The maximum atomic E-state index is 12.1. The van der Waals surface area contributed by atoms with Gasteiger partial charge in [0.1, 0.15) is 0 Å². The second-order valence-electron chi connectivity index (χ2n) is 6.98. The second kappa shape index (κ2) is 5.60. The van der Waals surface area contributed by atoms with Crippen molar-refractivity contribution in [2.24, 2.45) is 11.3 Å². The molecule has 1 aliphatic carbocycles. The smallest absolute Gasteiger partial charge is 0.236 e. The first-order chi connectivity index (χ1) is 8.48. The van der Waals surface area contributed by atoms with Crippen LogP contribution >= 0.6 is 0 Å². The van der Waals surface area contributed by atoms with Crippen molar-refractivity contribution in [3.8, 4) is 0 Å². The van der Waals surface area contributed by atoms with E-state index in [1.807, 2.05) is 4.90 Å². The Morgan fingerprint density at radius 2 is 1.89 bits per heavy atom. The van der Waals surface area contributed by atoms with Gasteiger partial charge in [0.25, 0.3) is 0 Å². The predicted octanol–water partition coefficient (Wildman–Crippen LogP) is 2.41. The molecule has 0 radical (unpaired) electrons. The lowest BCUT2D eigenvalue weighted by molar-refractivity contribution is -0.131. The Kier molecular flexibility index (Phi) is 4.31. The molecule has 0 aromatic carbocycles. The Hall–Kier alpha value is -0.570. The van der Waals surface area contributed by atoms with Gasteiger partial charge in [-0.15, -0.1) is 0 Å². The highest BCUT2D eigenvalue weighted by molar-refractivity contribution is 5.78. The summed E-state index contributed by atoms with van der Waals surface area (Å²) in [6.07, 6.45) is 6.10. The van der Waals surface area contributed by atoms with Gasteiger partial charge in [-0.1, -0.05) is 20.8 Å². The van der Waals surface area contributed by atoms with Crippen LogP contribution in [0.2, 0.25) is 0 Å². The number of hydrogen-bond donors (Lipinski definition) is 1. The summed E-state index contributed by atoms with van der Waals surface area (Å²) in [5.41, 5.74) is 0.436. The van der Waals surface area contributed by atoms with E-state index >= 15 is 0 Å². The molecule has 0 aromatic heterocycles. The molecule has 1 saturated carbocycles. The SMILES string of the molecule is CC1CC(C)(C)CC1NCC(=O)N1CCCCC1. The third-order valence-corrected chi connectivity index (χ3v) is 4.56. The summed E-state index contributed by atoms with van der Waals surface area (Å²) in [5.74, 6) is 0.987. The van der Waals surface area contributed by atoms with Crippen LogP contribution in [-0.2, 0) is 4.79 Å². The van der Waals surface area contributed by atoms with Gasteiger partial charge in [-0.3, -0.25) is 4.79 Å². The zero-order valence-electron chi connectivity index (χ0n) is 12.2. The number of carbonyl (C=O) groups is 1. The third-order valence-electron chi connectivity index (χ3n) is 4.56. The molecular weight excluding hydrogens is 224 g/mol. The van der Waals surface area contributed by atoms with Crippen LogP contribution in [0.5, 0.6) is 0 Å². The normalized spacial score (nSPS) is 31.6. The molecule has 3 nitrogen and oxygen atoms in total. The lowest BCUT2D eigenvalue weighted by atomic mass is 9.91. The predicted molar refractivity (Wildman–Crippen MR) is 74.4 cm³/mol.